The largest absolute Gasteiger partial charge is 0.569 e. The summed E-state index contributed by atoms with van der Waals surface area (Å²) in [6.07, 6.45) is 6.00. The van der Waals surface area contributed by atoms with Crippen LogP contribution in [0.25, 0.3) is 5.48 Å². The van der Waals surface area contributed by atoms with Crippen LogP contribution in [-0.2, 0) is 37.5 Å². The molecule has 1 atom stereocenters. The van der Waals surface area contributed by atoms with Gasteiger partial charge in [0, 0.05) is 58.2 Å². The summed E-state index contributed by atoms with van der Waals surface area (Å²) in [5, 5.41) is 9.84. The molecule has 0 aliphatic carbocycles. The van der Waals surface area contributed by atoms with E-state index in [1.54, 1.807) is 13.1 Å². The Morgan fingerprint density at radius 3 is 2.46 bits per heavy atom. The minimum absolute atomic E-state index is 0. The number of rotatable bonds is 11. The fourth-order valence-electron chi connectivity index (χ4n) is 2.77. The van der Waals surface area contributed by atoms with Gasteiger partial charge in [-0.15, -0.1) is 6.08 Å². The summed E-state index contributed by atoms with van der Waals surface area (Å²) < 4.78 is 10.6. The molecule has 0 aliphatic rings. The third-order valence-electron chi connectivity index (χ3n) is 4.54. The standard InChI is InChI=1S/C15H20NO5.C10H14O.C2H6.Y/c1-4-11(17)14-12(18)9-13(21-15(14)19)10(2)7-5-6-8-16-20-3;1-3-7-11-10-6-4-5-9(2)8-10;1-2;/h6,8-10H,4-5,7H2,1-3H3,(H,17,18,19);4-6,8H,3,7H2,1-2H3;1-2H3;/q-1;;;/b8-6-;;;. The quantitative estimate of drug-likeness (QED) is 0.232. The van der Waals surface area contributed by atoms with Crippen molar-refractivity contribution in [3.63, 3.8) is 0 Å². The molecule has 1 aromatic heterocycles. The number of ketones is 1. The molecule has 2 rings (SSSR count). The summed E-state index contributed by atoms with van der Waals surface area (Å²) in [4.78, 5) is 27.9. The van der Waals surface area contributed by atoms with E-state index >= 15 is 0 Å². The third kappa shape index (κ3) is 14.3. The Bertz CT molecular complexity index is 926. The van der Waals surface area contributed by atoms with Gasteiger partial charge >= 0.3 is 5.63 Å². The van der Waals surface area contributed by atoms with Crippen LogP contribution in [0.5, 0.6) is 11.5 Å². The molecule has 1 N–H and O–H groups in total. The van der Waals surface area contributed by atoms with E-state index in [2.05, 4.69) is 36.3 Å². The minimum atomic E-state index is -0.784. The number of benzene rings is 1. The molecule has 0 fully saturated rings. The van der Waals surface area contributed by atoms with Gasteiger partial charge in [-0.1, -0.05) is 46.8 Å². The van der Waals surface area contributed by atoms with E-state index in [1.807, 2.05) is 39.0 Å². The average molecular weight is 564 g/mol. The summed E-state index contributed by atoms with van der Waals surface area (Å²) in [7, 11) is 1.46. The van der Waals surface area contributed by atoms with Crippen molar-refractivity contribution in [2.75, 3.05) is 13.7 Å². The number of ether oxygens (including phenoxy) is 1. The molecule has 1 unspecified atom stereocenters. The van der Waals surface area contributed by atoms with E-state index in [0.717, 1.165) is 18.8 Å². The first kappa shape index (κ1) is 35.2. The van der Waals surface area contributed by atoms with E-state index < -0.39 is 11.4 Å². The molecule has 193 valence electrons. The predicted molar refractivity (Wildman–Crippen MR) is 137 cm³/mol. The molecule has 0 aliphatic heterocycles. The molecule has 1 heterocycles. The van der Waals surface area contributed by atoms with Crippen molar-refractivity contribution >= 4 is 5.78 Å². The van der Waals surface area contributed by atoms with Crippen LogP contribution in [0.3, 0.4) is 0 Å². The van der Waals surface area contributed by atoms with Crippen LogP contribution in [0, 0.1) is 6.92 Å². The van der Waals surface area contributed by atoms with Gasteiger partial charge < -0.3 is 24.6 Å². The first-order chi connectivity index (χ1) is 16.3. The van der Waals surface area contributed by atoms with E-state index in [9.17, 15) is 14.7 Å². The van der Waals surface area contributed by atoms with Gasteiger partial charge in [-0.3, -0.25) is 4.79 Å². The van der Waals surface area contributed by atoms with Crippen LogP contribution in [0.4, 0.5) is 0 Å². The number of carbonyl (C=O) groups is 1. The SMILES string of the molecule is CC.CCC(=O)c1c(O)cc(C(C)CC/C=C\[N-]OC)oc1=O.CCCOc1cccc(C)c1.[Y]. The average Bonchev–Trinajstić information content (AvgIpc) is 2.83. The monoisotopic (exact) mass is 563 g/mol. The van der Waals surface area contributed by atoms with Crippen molar-refractivity contribution in [1.82, 2.24) is 0 Å². The van der Waals surface area contributed by atoms with Crippen LogP contribution in [0.15, 0.2) is 51.8 Å². The number of aromatic hydroxyl groups is 1. The fraction of sp³-hybridized carbons (Fsp3) is 0.481. The van der Waals surface area contributed by atoms with Gasteiger partial charge in [0.05, 0.1) is 6.61 Å². The molecular weight excluding hydrogens is 523 g/mol. The summed E-state index contributed by atoms with van der Waals surface area (Å²) in [5.74, 6) is 0.532. The number of hydrogen-bond acceptors (Lipinski definition) is 6. The summed E-state index contributed by atoms with van der Waals surface area (Å²) >= 11 is 0. The number of carbonyl (C=O) groups excluding carboxylic acids is 1. The summed E-state index contributed by atoms with van der Waals surface area (Å²) in [6.45, 7) is 12.5. The van der Waals surface area contributed by atoms with E-state index in [1.165, 1.54) is 18.7 Å². The van der Waals surface area contributed by atoms with Crippen molar-refractivity contribution in [2.45, 2.75) is 73.1 Å². The number of Topliss-reactive ketones (excluding diaryl/α,β-unsaturated/α-hetero) is 1. The Hall–Kier alpha value is -1.96. The molecule has 0 bridgehead atoms. The number of hydroxylamine groups is 1. The molecule has 0 saturated carbocycles. The maximum Gasteiger partial charge on any atom is 0.350 e. The number of allylic oxidation sites excluding steroid dienone is 1. The van der Waals surface area contributed by atoms with Crippen molar-refractivity contribution in [2.24, 2.45) is 0 Å². The molecule has 0 spiro atoms. The topological polar surface area (TPSA) is 100 Å². The molecule has 0 saturated heterocycles. The molecule has 1 aromatic carbocycles. The van der Waals surface area contributed by atoms with Crippen molar-refractivity contribution in [3.05, 3.63) is 75.4 Å². The maximum absolute atomic E-state index is 11.8. The summed E-state index contributed by atoms with van der Waals surface area (Å²) in [5.41, 5.74) is 3.77. The maximum atomic E-state index is 11.8. The van der Waals surface area contributed by atoms with E-state index in [-0.39, 0.29) is 56.4 Å². The number of aryl methyl sites for hydroxylation is 1. The summed E-state index contributed by atoms with van der Waals surface area (Å²) in [6, 6.07) is 9.47. The molecule has 0 amide bonds. The number of hydrogen-bond donors (Lipinski definition) is 1. The predicted octanol–water partition coefficient (Wildman–Crippen LogP) is 7.08. The van der Waals surface area contributed by atoms with E-state index in [4.69, 9.17) is 9.15 Å². The van der Waals surface area contributed by atoms with Crippen molar-refractivity contribution < 1.29 is 56.6 Å². The Balaban J connectivity index is 0. The fourth-order valence-corrected chi connectivity index (χ4v) is 2.77. The Morgan fingerprint density at radius 2 is 1.91 bits per heavy atom. The molecule has 8 heteroatoms. The number of nitrogens with zero attached hydrogens (tertiary/aromatic N) is 1. The van der Waals surface area contributed by atoms with Gasteiger partial charge in [-0.2, -0.15) is 6.20 Å². The molecule has 2 aromatic rings. The van der Waals surface area contributed by atoms with E-state index in [0.29, 0.717) is 18.6 Å². The van der Waals surface area contributed by atoms with Gasteiger partial charge in [0.15, 0.2) is 5.78 Å². The molecule has 35 heavy (non-hydrogen) atoms. The van der Waals surface area contributed by atoms with Crippen LogP contribution >= 0.6 is 0 Å². The smallest absolute Gasteiger partial charge is 0.350 e. The normalized spacial score (nSPS) is 10.7. The van der Waals surface area contributed by atoms with Crippen LogP contribution in [0.2, 0.25) is 0 Å². The van der Waals surface area contributed by atoms with Crippen molar-refractivity contribution in [3.8, 4) is 11.5 Å². The Morgan fingerprint density at radius 1 is 1.23 bits per heavy atom. The minimum Gasteiger partial charge on any atom is -0.569 e. The van der Waals surface area contributed by atoms with Crippen molar-refractivity contribution in [1.29, 1.82) is 0 Å². The van der Waals surface area contributed by atoms with Gasteiger partial charge in [0.25, 0.3) is 0 Å². The zero-order valence-electron chi connectivity index (χ0n) is 22.2. The Labute approximate surface area is 235 Å². The van der Waals surface area contributed by atoms with Gasteiger partial charge in [-0.05, 0) is 43.9 Å². The first-order valence-corrected chi connectivity index (χ1v) is 11.8. The van der Waals surface area contributed by atoms with Gasteiger partial charge in [0.1, 0.15) is 22.8 Å². The second kappa shape index (κ2) is 21.3. The van der Waals surface area contributed by atoms with Gasteiger partial charge in [-0.25, -0.2) is 4.79 Å². The first-order valence-electron chi connectivity index (χ1n) is 11.8. The molecule has 7 nitrogen and oxygen atoms in total. The zero-order valence-corrected chi connectivity index (χ0v) is 25.0. The van der Waals surface area contributed by atoms with Crippen LogP contribution in [-0.4, -0.2) is 24.6 Å². The molecule has 1 radical (unpaired) electrons. The van der Waals surface area contributed by atoms with Crippen LogP contribution in [0.1, 0.15) is 87.9 Å². The molecular formula is C27H40NO6Y-. The van der Waals surface area contributed by atoms with Gasteiger partial charge in [0.2, 0.25) is 0 Å². The zero-order chi connectivity index (χ0) is 25.9. The second-order valence-corrected chi connectivity index (χ2v) is 7.29. The van der Waals surface area contributed by atoms with Crippen LogP contribution < -0.4 is 10.4 Å². The second-order valence-electron chi connectivity index (χ2n) is 7.29. The third-order valence-corrected chi connectivity index (χ3v) is 4.54. The Kier molecular flexibility index (Phi) is 21.5.